The molecule has 3 aromatic rings. The molecule has 0 atom stereocenters. The van der Waals surface area contributed by atoms with E-state index in [0.717, 1.165) is 41.0 Å². The van der Waals surface area contributed by atoms with E-state index in [2.05, 4.69) is 19.4 Å². The van der Waals surface area contributed by atoms with Crippen LogP contribution in [0.1, 0.15) is 21.7 Å². The lowest BCUT2D eigenvalue weighted by molar-refractivity contribution is 0.0746. The molecule has 0 spiro atoms. The molecule has 7 heteroatoms. The number of hydrogen-bond acceptors (Lipinski definition) is 5. The summed E-state index contributed by atoms with van der Waals surface area (Å²) in [6.45, 7) is 7.02. The third kappa shape index (κ3) is 2.99. The van der Waals surface area contributed by atoms with Crippen molar-refractivity contribution in [3.63, 3.8) is 0 Å². The number of amides is 1. The molecule has 4 rings (SSSR count). The first kappa shape index (κ1) is 16.8. The van der Waals surface area contributed by atoms with Gasteiger partial charge in [0, 0.05) is 55.3 Å². The van der Waals surface area contributed by atoms with Gasteiger partial charge >= 0.3 is 0 Å². The van der Waals surface area contributed by atoms with Gasteiger partial charge in [-0.3, -0.25) is 9.36 Å². The monoisotopic (exact) mass is 367 g/mol. The summed E-state index contributed by atoms with van der Waals surface area (Å²) in [5.41, 5.74) is 2.76. The second-order valence-corrected chi connectivity index (χ2v) is 7.28. The maximum Gasteiger partial charge on any atom is 0.255 e. The van der Waals surface area contributed by atoms with Crippen molar-refractivity contribution in [1.82, 2.24) is 19.4 Å². The Morgan fingerprint density at radius 3 is 2.54 bits per heavy atom. The van der Waals surface area contributed by atoms with E-state index >= 15 is 0 Å². The molecule has 1 saturated heterocycles. The second kappa shape index (κ2) is 6.92. The van der Waals surface area contributed by atoms with Gasteiger partial charge in [-0.05, 0) is 32.0 Å². The highest BCUT2D eigenvalue weighted by Gasteiger charge is 2.26. The molecule has 6 nitrogen and oxygen atoms in total. The van der Waals surface area contributed by atoms with E-state index in [1.54, 1.807) is 23.7 Å². The number of aryl methyl sites for hydroxylation is 1. The Labute approximate surface area is 156 Å². The minimum Gasteiger partial charge on any atom is -0.353 e. The van der Waals surface area contributed by atoms with Gasteiger partial charge < -0.3 is 9.80 Å². The van der Waals surface area contributed by atoms with E-state index in [9.17, 15) is 4.79 Å². The van der Waals surface area contributed by atoms with Crippen LogP contribution in [0.5, 0.6) is 0 Å². The summed E-state index contributed by atoms with van der Waals surface area (Å²) in [5, 5.41) is 2.85. The van der Waals surface area contributed by atoms with Crippen molar-refractivity contribution in [3.05, 3.63) is 59.0 Å². The predicted molar refractivity (Wildman–Crippen MR) is 103 cm³/mol. The molecule has 1 aliphatic rings. The smallest absolute Gasteiger partial charge is 0.255 e. The summed E-state index contributed by atoms with van der Waals surface area (Å²) in [6.07, 6.45) is 3.59. The number of thiazole rings is 1. The second-order valence-electron chi connectivity index (χ2n) is 6.40. The van der Waals surface area contributed by atoms with E-state index < -0.39 is 0 Å². The predicted octanol–water partition coefficient (Wildman–Crippen LogP) is 2.91. The normalized spacial score (nSPS) is 14.7. The number of pyridine rings is 1. The summed E-state index contributed by atoms with van der Waals surface area (Å²) in [5.74, 6) is 1.07. The molecule has 134 valence electrons. The molecule has 3 aromatic heterocycles. The van der Waals surface area contributed by atoms with Crippen LogP contribution in [0.4, 0.5) is 5.82 Å². The van der Waals surface area contributed by atoms with Gasteiger partial charge in [0.05, 0.1) is 5.56 Å². The van der Waals surface area contributed by atoms with Gasteiger partial charge in [-0.2, -0.15) is 0 Å². The van der Waals surface area contributed by atoms with E-state index in [-0.39, 0.29) is 5.91 Å². The highest BCUT2D eigenvalue weighted by molar-refractivity contribution is 7.12. The largest absolute Gasteiger partial charge is 0.353 e. The molecular formula is C19H21N5OS. The van der Waals surface area contributed by atoms with Crippen LogP contribution in [0.25, 0.3) is 5.13 Å². The van der Waals surface area contributed by atoms with Crippen LogP contribution in [0, 0.1) is 13.8 Å². The lowest BCUT2D eigenvalue weighted by atomic mass is 10.2. The lowest BCUT2D eigenvalue weighted by Gasteiger charge is -2.35. The molecular weight excluding hydrogens is 346 g/mol. The summed E-state index contributed by atoms with van der Waals surface area (Å²) in [4.78, 5) is 26.0. The Morgan fingerprint density at radius 2 is 1.88 bits per heavy atom. The molecule has 1 aliphatic heterocycles. The fourth-order valence-corrected chi connectivity index (χ4v) is 4.20. The zero-order valence-electron chi connectivity index (χ0n) is 14.9. The molecule has 26 heavy (non-hydrogen) atoms. The van der Waals surface area contributed by atoms with Crippen molar-refractivity contribution in [3.8, 4) is 5.13 Å². The van der Waals surface area contributed by atoms with Gasteiger partial charge in [-0.15, -0.1) is 11.3 Å². The molecule has 0 unspecified atom stereocenters. The minimum absolute atomic E-state index is 0.0987. The van der Waals surface area contributed by atoms with Gasteiger partial charge in [0.15, 0.2) is 5.13 Å². The minimum atomic E-state index is 0.0987. The molecule has 0 aliphatic carbocycles. The third-order valence-electron chi connectivity index (χ3n) is 4.81. The zero-order valence-corrected chi connectivity index (χ0v) is 15.7. The number of rotatable bonds is 3. The molecule has 4 heterocycles. The quantitative estimate of drug-likeness (QED) is 0.714. The summed E-state index contributed by atoms with van der Waals surface area (Å²) in [6, 6.07) is 7.90. The SMILES string of the molecule is Cc1cc(C(=O)N2CCN(c3ccccn3)CC2)c(C)n1-c1nccs1. The number of hydrogen-bond donors (Lipinski definition) is 0. The molecule has 0 bridgehead atoms. The first-order valence-electron chi connectivity index (χ1n) is 8.69. The van der Waals surface area contributed by atoms with Crippen molar-refractivity contribution in [2.24, 2.45) is 0 Å². The van der Waals surface area contributed by atoms with Crippen LogP contribution >= 0.6 is 11.3 Å². The standard InChI is InChI=1S/C19H21N5OS/c1-14-13-16(15(2)24(14)19-21-7-12-26-19)18(25)23-10-8-22(9-11-23)17-5-3-4-6-20-17/h3-7,12-13H,8-11H2,1-2H3. The summed E-state index contributed by atoms with van der Waals surface area (Å²) >= 11 is 1.58. The number of piperazine rings is 1. The van der Waals surface area contributed by atoms with Crippen molar-refractivity contribution in [2.75, 3.05) is 31.1 Å². The average molecular weight is 367 g/mol. The van der Waals surface area contributed by atoms with Crippen LogP contribution in [0.15, 0.2) is 42.0 Å². The van der Waals surface area contributed by atoms with E-state index in [4.69, 9.17) is 0 Å². The number of carbonyl (C=O) groups excluding carboxylic acids is 1. The van der Waals surface area contributed by atoms with Gasteiger partial charge in [0.1, 0.15) is 5.82 Å². The van der Waals surface area contributed by atoms with E-state index in [0.29, 0.717) is 13.1 Å². The Kier molecular flexibility index (Phi) is 4.46. The van der Waals surface area contributed by atoms with Crippen LogP contribution < -0.4 is 4.90 Å². The summed E-state index contributed by atoms with van der Waals surface area (Å²) < 4.78 is 2.06. The van der Waals surface area contributed by atoms with Crippen LogP contribution in [0.3, 0.4) is 0 Å². The molecule has 1 fully saturated rings. The van der Waals surface area contributed by atoms with Crippen molar-refractivity contribution in [2.45, 2.75) is 13.8 Å². The highest BCUT2D eigenvalue weighted by Crippen LogP contribution is 2.24. The molecule has 0 saturated carbocycles. The Morgan fingerprint density at radius 1 is 1.08 bits per heavy atom. The van der Waals surface area contributed by atoms with Gasteiger partial charge in [0.2, 0.25) is 0 Å². The summed E-state index contributed by atoms with van der Waals surface area (Å²) in [7, 11) is 0. The Hall–Kier alpha value is -2.67. The maximum atomic E-state index is 13.1. The fourth-order valence-electron chi connectivity index (χ4n) is 3.45. The Balaban J connectivity index is 1.50. The van der Waals surface area contributed by atoms with Gasteiger partial charge in [0.25, 0.3) is 5.91 Å². The number of nitrogens with zero attached hydrogens (tertiary/aromatic N) is 5. The van der Waals surface area contributed by atoms with Crippen molar-refractivity contribution < 1.29 is 4.79 Å². The lowest BCUT2D eigenvalue weighted by Crippen LogP contribution is -2.49. The van der Waals surface area contributed by atoms with Gasteiger partial charge in [-0.1, -0.05) is 6.07 Å². The highest BCUT2D eigenvalue weighted by atomic mass is 32.1. The Bertz CT molecular complexity index is 896. The first-order chi connectivity index (χ1) is 12.6. The number of aromatic nitrogens is 3. The van der Waals surface area contributed by atoms with Crippen molar-refractivity contribution >= 4 is 23.1 Å². The molecule has 0 aromatic carbocycles. The fraction of sp³-hybridized carbons (Fsp3) is 0.316. The van der Waals surface area contributed by atoms with Crippen LogP contribution in [-0.4, -0.2) is 51.5 Å². The average Bonchev–Trinajstić information content (AvgIpc) is 3.30. The van der Waals surface area contributed by atoms with Crippen molar-refractivity contribution in [1.29, 1.82) is 0 Å². The van der Waals surface area contributed by atoms with E-state index in [1.807, 2.05) is 48.4 Å². The maximum absolute atomic E-state index is 13.1. The number of carbonyl (C=O) groups is 1. The molecule has 0 radical (unpaired) electrons. The third-order valence-corrected chi connectivity index (χ3v) is 5.57. The molecule has 0 N–H and O–H groups in total. The number of anilines is 1. The van der Waals surface area contributed by atoms with Gasteiger partial charge in [-0.25, -0.2) is 9.97 Å². The van der Waals surface area contributed by atoms with Crippen LogP contribution in [-0.2, 0) is 0 Å². The first-order valence-corrected chi connectivity index (χ1v) is 9.57. The molecule has 1 amide bonds. The topological polar surface area (TPSA) is 54.3 Å². The zero-order chi connectivity index (χ0) is 18.1. The van der Waals surface area contributed by atoms with Crippen LogP contribution in [0.2, 0.25) is 0 Å². The van der Waals surface area contributed by atoms with E-state index in [1.165, 1.54) is 0 Å².